The maximum Gasteiger partial charge on any atom is 0.218 e. The summed E-state index contributed by atoms with van der Waals surface area (Å²) in [6, 6.07) is 1.79. The van der Waals surface area contributed by atoms with Gasteiger partial charge >= 0.3 is 0 Å². The van der Waals surface area contributed by atoms with E-state index in [0.29, 0.717) is 25.6 Å². The molecule has 2 heterocycles. The summed E-state index contributed by atoms with van der Waals surface area (Å²) < 4.78 is 5.35. The zero-order valence-electron chi connectivity index (χ0n) is 9.75. The highest BCUT2D eigenvalue weighted by atomic mass is 16.5. The van der Waals surface area contributed by atoms with Gasteiger partial charge < -0.3 is 20.5 Å². The Morgan fingerprint density at radius 2 is 2.41 bits per heavy atom. The molecule has 6 nitrogen and oxygen atoms in total. The molecule has 3 N–H and O–H groups in total. The number of ether oxygens (including phenoxy) is 1. The Morgan fingerprint density at radius 1 is 1.53 bits per heavy atom. The lowest BCUT2D eigenvalue weighted by Gasteiger charge is -2.30. The van der Waals surface area contributed by atoms with Crippen LogP contribution in [-0.2, 0) is 0 Å². The van der Waals surface area contributed by atoms with E-state index in [1.807, 2.05) is 4.90 Å². The Morgan fingerprint density at radius 3 is 3.18 bits per heavy atom. The molecule has 2 rings (SSSR count). The molecule has 0 bridgehead atoms. The van der Waals surface area contributed by atoms with Crippen molar-refractivity contribution in [3.8, 4) is 5.88 Å². The van der Waals surface area contributed by atoms with Crippen LogP contribution in [0.4, 0.5) is 5.82 Å². The van der Waals surface area contributed by atoms with Crippen LogP contribution < -0.4 is 15.4 Å². The molecule has 6 heteroatoms. The van der Waals surface area contributed by atoms with Crippen molar-refractivity contribution in [3.63, 3.8) is 0 Å². The Hall–Kier alpha value is -1.40. The van der Waals surface area contributed by atoms with E-state index in [9.17, 15) is 5.11 Å². The molecule has 0 radical (unpaired) electrons. The van der Waals surface area contributed by atoms with Crippen LogP contribution in [0.25, 0.3) is 0 Å². The fourth-order valence-corrected chi connectivity index (χ4v) is 1.91. The predicted octanol–water partition coefficient (Wildman–Crippen LogP) is -0.225. The van der Waals surface area contributed by atoms with Crippen LogP contribution in [0.2, 0.25) is 0 Å². The molecule has 1 atom stereocenters. The average molecular weight is 238 g/mol. The summed E-state index contributed by atoms with van der Waals surface area (Å²) in [6.45, 7) is 2.43. The van der Waals surface area contributed by atoms with Gasteiger partial charge in [-0.25, -0.2) is 9.97 Å². The molecule has 1 aliphatic rings. The first-order chi connectivity index (χ1) is 8.29. The van der Waals surface area contributed by atoms with E-state index in [4.69, 9.17) is 10.5 Å². The maximum atomic E-state index is 9.62. The Bertz CT molecular complexity index is 361. The van der Waals surface area contributed by atoms with E-state index in [-0.39, 0.29) is 6.10 Å². The average Bonchev–Trinajstić information content (AvgIpc) is 2.37. The number of hydrogen-bond acceptors (Lipinski definition) is 6. The minimum Gasteiger partial charge on any atom is -0.476 e. The Labute approximate surface area is 100 Å². The van der Waals surface area contributed by atoms with Crippen LogP contribution in [0, 0.1) is 0 Å². The van der Waals surface area contributed by atoms with Crippen LogP contribution >= 0.6 is 0 Å². The van der Waals surface area contributed by atoms with Gasteiger partial charge in [-0.15, -0.1) is 0 Å². The monoisotopic (exact) mass is 238 g/mol. The van der Waals surface area contributed by atoms with Gasteiger partial charge in [0, 0.05) is 25.7 Å². The second-order valence-corrected chi connectivity index (χ2v) is 4.09. The number of piperidine rings is 1. The van der Waals surface area contributed by atoms with Crippen LogP contribution in [0.1, 0.15) is 12.8 Å². The first-order valence-electron chi connectivity index (χ1n) is 5.87. The zero-order valence-corrected chi connectivity index (χ0v) is 9.75. The van der Waals surface area contributed by atoms with Crippen LogP contribution in [0.5, 0.6) is 5.88 Å². The largest absolute Gasteiger partial charge is 0.476 e. The van der Waals surface area contributed by atoms with E-state index >= 15 is 0 Å². The molecule has 1 saturated heterocycles. The van der Waals surface area contributed by atoms with Crippen LogP contribution in [0.3, 0.4) is 0 Å². The standard InChI is InChI=1S/C11H18N4O2/c12-3-5-17-11-6-10(13-8-14-11)15-4-1-2-9(16)7-15/h6,8-9,16H,1-5,7,12H2/t9-/m0/s1. The molecule has 94 valence electrons. The number of hydrogen-bond donors (Lipinski definition) is 2. The first-order valence-corrected chi connectivity index (χ1v) is 5.87. The highest BCUT2D eigenvalue weighted by Crippen LogP contribution is 2.20. The summed E-state index contributed by atoms with van der Waals surface area (Å²) in [6.07, 6.45) is 3.04. The second-order valence-electron chi connectivity index (χ2n) is 4.09. The van der Waals surface area contributed by atoms with Crippen molar-refractivity contribution < 1.29 is 9.84 Å². The quantitative estimate of drug-likeness (QED) is 0.754. The van der Waals surface area contributed by atoms with Gasteiger partial charge in [-0.05, 0) is 12.8 Å². The molecule has 0 spiro atoms. The van der Waals surface area contributed by atoms with Gasteiger partial charge in [0.2, 0.25) is 5.88 Å². The summed E-state index contributed by atoms with van der Waals surface area (Å²) >= 11 is 0. The molecule has 0 aromatic carbocycles. The van der Waals surface area contributed by atoms with Gasteiger partial charge in [-0.3, -0.25) is 0 Å². The van der Waals surface area contributed by atoms with E-state index < -0.39 is 0 Å². The molecule has 0 aliphatic carbocycles. The van der Waals surface area contributed by atoms with Crippen LogP contribution in [-0.4, -0.2) is 47.4 Å². The summed E-state index contributed by atoms with van der Waals surface area (Å²) in [7, 11) is 0. The lowest BCUT2D eigenvalue weighted by molar-refractivity contribution is 0.154. The van der Waals surface area contributed by atoms with Gasteiger partial charge in [-0.2, -0.15) is 0 Å². The number of nitrogens with zero attached hydrogens (tertiary/aromatic N) is 3. The summed E-state index contributed by atoms with van der Waals surface area (Å²) in [5, 5.41) is 9.62. The molecule has 0 saturated carbocycles. The van der Waals surface area contributed by atoms with E-state index in [1.54, 1.807) is 6.07 Å². The zero-order chi connectivity index (χ0) is 12.1. The third kappa shape index (κ3) is 3.28. The fraction of sp³-hybridized carbons (Fsp3) is 0.636. The lowest BCUT2D eigenvalue weighted by atomic mass is 10.1. The minimum atomic E-state index is -0.271. The number of nitrogens with two attached hydrogens (primary N) is 1. The van der Waals surface area contributed by atoms with Gasteiger partial charge in [0.1, 0.15) is 18.8 Å². The van der Waals surface area contributed by atoms with Gasteiger partial charge in [0.15, 0.2) is 0 Å². The van der Waals surface area contributed by atoms with Crippen molar-refractivity contribution >= 4 is 5.82 Å². The van der Waals surface area contributed by atoms with Crippen molar-refractivity contribution in [1.29, 1.82) is 0 Å². The number of aliphatic hydroxyl groups excluding tert-OH is 1. The first kappa shape index (κ1) is 12.1. The lowest BCUT2D eigenvalue weighted by Crippen LogP contribution is -2.38. The van der Waals surface area contributed by atoms with E-state index in [2.05, 4.69) is 9.97 Å². The predicted molar refractivity (Wildman–Crippen MR) is 64.0 cm³/mol. The molecule has 0 unspecified atom stereocenters. The highest BCUT2D eigenvalue weighted by Gasteiger charge is 2.19. The molecule has 0 amide bonds. The van der Waals surface area contributed by atoms with Gasteiger partial charge in [0.25, 0.3) is 0 Å². The van der Waals surface area contributed by atoms with Crippen molar-refractivity contribution in [1.82, 2.24) is 9.97 Å². The molecule has 17 heavy (non-hydrogen) atoms. The minimum absolute atomic E-state index is 0.271. The molecule has 1 fully saturated rings. The van der Waals surface area contributed by atoms with Crippen LogP contribution in [0.15, 0.2) is 12.4 Å². The number of β-amino-alcohol motifs (C(OH)–C–C–N with tert-alkyl or cyclic N) is 1. The molecule has 1 aromatic rings. The fourth-order valence-electron chi connectivity index (χ4n) is 1.91. The summed E-state index contributed by atoms with van der Waals surface area (Å²) in [5.74, 6) is 1.33. The van der Waals surface area contributed by atoms with Gasteiger partial charge in [0.05, 0.1) is 6.10 Å². The van der Waals surface area contributed by atoms with Crippen molar-refractivity contribution in [2.75, 3.05) is 31.1 Å². The van der Waals surface area contributed by atoms with E-state index in [0.717, 1.165) is 25.2 Å². The SMILES string of the molecule is NCCOc1cc(N2CCC[C@H](O)C2)ncn1. The normalized spacial score (nSPS) is 20.4. The summed E-state index contributed by atoms with van der Waals surface area (Å²) in [4.78, 5) is 10.3. The van der Waals surface area contributed by atoms with Gasteiger partial charge in [-0.1, -0.05) is 0 Å². The number of anilines is 1. The third-order valence-electron chi connectivity index (χ3n) is 2.72. The Kier molecular flexibility index (Phi) is 4.11. The Balaban J connectivity index is 2.04. The number of rotatable bonds is 4. The smallest absolute Gasteiger partial charge is 0.218 e. The van der Waals surface area contributed by atoms with E-state index in [1.165, 1.54) is 6.33 Å². The van der Waals surface area contributed by atoms with Crippen molar-refractivity contribution in [3.05, 3.63) is 12.4 Å². The second kappa shape index (κ2) is 5.79. The summed E-state index contributed by atoms with van der Waals surface area (Å²) in [5.41, 5.74) is 5.36. The van der Waals surface area contributed by atoms with Crippen molar-refractivity contribution in [2.45, 2.75) is 18.9 Å². The van der Waals surface area contributed by atoms with Crippen molar-refractivity contribution in [2.24, 2.45) is 5.73 Å². The molecule has 1 aliphatic heterocycles. The molecular formula is C11H18N4O2. The molecule has 1 aromatic heterocycles. The topological polar surface area (TPSA) is 84.5 Å². The number of aromatic nitrogens is 2. The maximum absolute atomic E-state index is 9.62. The third-order valence-corrected chi connectivity index (χ3v) is 2.72. The number of aliphatic hydroxyl groups is 1. The molecular weight excluding hydrogens is 220 g/mol. The highest BCUT2D eigenvalue weighted by molar-refractivity contribution is 5.41.